The van der Waals surface area contributed by atoms with Gasteiger partial charge in [0.25, 0.3) is 0 Å². The van der Waals surface area contributed by atoms with Gasteiger partial charge in [-0.1, -0.05) is 18.2 Å². The minimum atomic E-state index is -3.42. The molecule has 1 aliphatic carbocycles. The summed E-state index contributed by atoms with van der Waals surface area (Å²) in [6, 6.07) is 13.8. The van der Waals surface area contributed by atoms with Gasteiger partial charge in [0.2, 0.25) is 10.0 Å². The van der Waals surface area contributed by atoms with E-state index in [9.17, 15) is 13.7 Å². The van der Waals surface area contributed by atoms with E-state index in [0.29, 0.717) is 17.9 Å². The summed E-state index contributed by atoms with van der Waals surface area (Å²) in [6.07, 6.45) is 4.29. The summed E-state index contributed by atoms with van der Waals surface area (Å²) in [4.78, 5) is 7.78. The van der Waals surface area contributed by atoms with Crippen LogP contribution in [-0.2, 0) is 16.4 Å². The van der Waals surface area contributed by atoms with Crippen molar-refractivity contribution < 1.29 is 13.2 Å². The third kappa shape index (κ3) is 5.92. The molecule has 200 valence electrons. The molecule has 3 aromatic rings. The summed E-state index contributed by atoms with van der Waals surface area (Å²) < 4.78 is 34.4. The number of likely N-dealkylation sites (tertiary alicyclic amines) is 1. The summed E-state index contributed by atoms with van der Waals surface area (Å²) >= 11 is 1.57. The quantitative estimate of drug-likeness (QED) is 0.411. The maximum Gasteiger partial charge on any atom is 0.213 e. The molecule has 0 radical (unpaired) electrons. The van der Waals surface area contributed by atoms with E-state index in [2.05, 4.69) is 26.7 Å². The first-order valence-electron chi connectivity index (χ1n) is 13.0. The molecule has 2 atom stereocenters. The van der Waals surface area contributed by atoms with Crippen molar-refractivity contribution in [3.63, 3.8) is 0 Å². The van der Waals surface area contributed by atoms with Crippen LogP contribution >= 0.6 is 11.3 Å². The summed E-state index contributed by atoms with van der Waals surface area (Å²) in [6.45, 7) is 5.98. The summed E-state index contributed by atoms with van der Waals surface area (Å²) in [7, 11) is -3.42. The van der Waals surface area contributed by atoms with Crippen molar-refractivity contribution in [2.45, 2.75) is 51.3 Å². The Morgan fingerprint density at radius 2 is 2.13 bits per heavy atom. The summed E-state index contributed by atoms with van der Waals surface area (Å²) in [5.74, 6) is 0.649. The Bertz CT molecular complexity index is 1460. The minimum absolute atomic E-state index is 0.0168. The number of nitriles is 1. The van der Waals surface area contributed by atoms with Crippen LogP contribution in [0.25, 0.3) is 21.0 Å². The second-order valence-electron chi connectivity index (χ2n) is 10.3. The molecule has 1 unspecified atom stereocenters. The van der Waals surface area contributed by atoms with Crippen molar-refractivity contribution in [2.24, 2.45) is 5.73 Å². The fraction of sp³-hybridized carbons (Fsp3) is 0.429. The Morgan fingerprint density at radius 3 is 2.87 bits per heavy atom. The van der Waals surface area contributed by atoms with Gasteiger partial charge in [0.15, 0.2) is 0 Å². The number of hydrogen-bond donors (Lipinski definition) is 2. The van der Waals surface area contributed by atoms with Crippen molar-refractivity contribution >= 4 is 21.4 Å². The van der Waals surface area contributed by atoms with Crippen LogP contribution in [0.4, 0.5) is 0 Å². The zero-order valence-corrected chi connectivity index (χ0v) is 23.3. The van der Waals surface area contributed by atoms with Gasteiger partial charge in [0.05, 0.1) is 22.3 Å². The van der Waals surface area contributed by atoms with Crippen LogP contribution in [0.15, 0.2) is 42.6 Å². The van der Waals surface area contributed by atoms with Gasteiger partial charge in [-0.15, -0.1) is 11.3 Å². The first-order chi connectivity index (χ1) is 18.2. The van der Waals surface area contributed by atoms with Gasteiger partial charge >= 0.3 is 0 Å². The van der Waals surface area contributed by atoms with Crippen molar-refractivity contribution in [1.29, 1.82) is 5.26 Å². The molecular weight excluding hydrogens is 518 g/mol. The Hall–Kier alpha value is -2.81. The molecule has 2 aliphatic rings. The third-order valence-corrected chi connectivity index (χ3v) is 9.50. The number of benzene rings is 2. The lowest BCUT2D eigenvalue weighted by Crippen LogP contribution is -2.36. The lowest BCUT2D eigenvalue weighted by Gasteiger charge is -2.18. The highest BCUT2D eigenvalue weighted by Gasteiger charge is 2.29. The van der Waals surface area contributed by atoms with Gasteiger partial charge in [0.1, 0.15) is 16.8 Å². The van der Waals surface area contributed by atoms with Crippen molar-refractivity contribution in [2.75, 3.05) is 25.4 Å². The molecule has 10 heteroatoms. The van der Waals surface area contributed by atoms with Gasteiger partial charge in [0, 0.05) is 36.9 Å². The molecular formula is C28H33N5O3S2. The largest absolute Gasteiger partial charge is 0.490 e. The van der Waals surface area contributed by atoms with E-state index in [0.717, 1.165) is 58.9 Å². The second kappa shape index (κ2) is 11.1. The average molecular weight is 552 g/mol. The predicted molar refractivity (Wildman–Crippen MR) is 150 cm³/mol. The number of nitrogens with zero attached hydrogens (tertiary/aromatic N) is 3. The number of rotatable bonds is 9. The van der Waals surface area contributed by atoms with Crippen molar-refractivity contribution in [1.82, 2.24) is 14.6 Å². The van der Waals surface area contributed by atoms with Gasteiger partial charge < -0.3 is 15.4 Å². The molecule has 0 saturated carbocycles. The van der Waals surface area contributed by atoms with E-state index < -0.39 is 10.0 Å². The molecule has 8 nitrogen and oxygen atoms in total. The van der Waals surface area contributed by atoms with Crippen LogP contribution in [0, 0.1) is 11.3 Å². The normalized spacial score (nSPS) is 19.6. The lowest BCUT2D eigenvalue weighted by molar-refractivity contribution is 0.242. The van der Waals surface area contributed by atoms with Crippen molar-refractivity contribution in [3.05, 3.63) is 59.3 Å². The molecule has 3 N–H and O–H groups in total. The van der Waals surface area contributed by atoms with E-state index in [4.69, 9.17) is 10.5 Å². The molecule has 1 aromatic heterocycles. The monoisotopic (exact) mass is 551 g/mol. The van der Waals surface area contributed by atoms with E-state index in [1.54, 1.807) is 11.3 Å². The molecule has 2 heterocycles. The van der Waals surface area contributed by atoms with E-state index in [-0.39, 0.29) is 23.9 Å². The van der Waals surface area contributed by atoms with Crippen molar-refractivity contribution in [3.8, 4) is 32.8 Å². The number of ether oxygens (including phenoxy) is 1. The number of fused-ring (bicyclic) bond motifs is 1. The zero-order chi connectivity index (χ0) is 26.9. The first-order valence-corrected chi connectivity index (χ1v) is 15.5. The standard InChI is InChI=1S/C28H33N5O3S2/c1-18(2)36-26-9-6-19(14-20(26)15-29)28-31-16-27(37-28)24-5-3-4-23-22(24)7-8-25(23)32-38(34,35)13-12-33-11-10-21(30)17-33/h3-6,9,14,16,18,21,25,32H,7-8,10-13,17,30H2,1-2H3/t21-,25?/m0/s1. The first kappa shape index (κ1) is 26.8. The highest BCUT2D eigenvalue weighted by Crippen LogP contribution is 2.41. The molecule has 2 aromatic carbocycles. The van der Waals surface area contributed by atoms with Crippen LogP contribution in [0.5, 0.6) is 5.75 Å². The Labute approximate surface area is 228 Å². The minimum Gasteiger partial charge on any atom is -0.490 e. The molecule has 5 rings (SSSR count). The average Bonchev–Trinajstić information content (AvgIpc) is 3.63. The van der Waals surface area contributed by atoms with Gasteiger partial charge in [-0.25, -0.2) is 18.1 Å². The van der Waals surface area contributed by atoms with Crippen LogP contribution < -0.4 is 15.2 Å². The molecule has 0 amide bonds. The molecule has 0 bridgehead atoms. The van der Waals surface area contributed by atoms with Crippen LogP contribution in [0.3, 0.4) is 0 Å². The topological polar surface area (TPSA) is 121 Å². The van der Waals surface area contributed by atoms with Crippen LogP contribution in [0.2, 0.25) is 0 Å². The number of sulfonamides is 1. The van der Waals surface area contributed by atoms with Crippen LogP contribution in [0.1, 0.15) is 49.4 Å². The smallest absolute Gasteiger partial charge is 0.213 e. The SMILES string of the molecule is CC(C)Oc1ccc(-c2ncc(-c3cccc4c3CCC4NS(=O)(=O)CCN3CC[C@H](N)C3)s2)cc1C#N. The van der Waals surface area contributed by atoms with E-state index in [1.807, 2.05) is 50.4 Å². The maximum absolute atomic E-state index is 12.9. The van der Waals surface area contributed by atoms with E-state index in [1.165, 1.54) is 5.56 Å². The maximum atomic E-state index is 12.9. The van der Waals surface area contributed by atoms with Gasteiger partial charge in [-0.2, -0.15) is 5.26 Å². The molecule has 1 saturated heterocycles. The Morgan fingerprint density at radius 1 is 1.29 bits per heavy atom. The van der Waals surface area contributed by atoms with Gasteiger partial charge in [-0.3, -0.25) is 0 Å². The van der Waals surface area contributed by atoms with E-state index >= 15 is 0 Å². The molecule has 1 aliphatic heterocycles. The highest BCUT2D eigenvalue weighted by atomic mass is 32.2. The third-order valence-electron chi connectivity index (χ3n) is 7.06. The number of nitrogens with two attached hydrogens (primary N) is 1. The number of nitrogens with one attached hydrogen (secondary N) is 1. The second-order valence-corrected chi connectivity index (χ2v) is 13.2. The fourth-order valence-corrected chi connectivity index (χ4v) is 7.50. The van der Waals surface area contributed by atoms with Crippen LogP contribution in [-0.4, -0.2) is 55.8 Å². The van der Waals surface area contributed by atoms with Gasteiger partial charge in [-0.05, 0) is 74.5 Å². The number of hydrogen-bond acceptors (Lipinski definition) is 8. The molecule has 38 heavy (non-hydrogen) atoms. The molecule has 1 fully saturated rings. The highest BCUT2D eigenvalue weighted by molar-refractivity contribution is 7.89. The molecule has 0 spiro atoms. The Balaban J connectivity index is 1.32. The Kier molecular flexibility index (Phi) is 7.84. The number of thiazole rings is 1. The lowest BCUT2D eigenvalue weighted by atomic mass is 10.0. The zero-order valence-electron chi connectivity index (χ0n) is 21.7. The predicted octanol–water partition coefficient (Wildman–Crippen LogP) is 4.08. The summed E-state index contributed by atoms with van der Waals surface area (Å²) in [5.41, 5.74) is 10.6. The number of aromatic nitrogens is 1. The summed E-state index contributed by atoms with van der Waals surface area (Å²) in [5, 5.41) is 10.4. The fourth-order valence-electron chi connectivity index (χ4n) is 5.24.